The van der Waals surface area contributed by atoms with E-state index in [9.17, 15) is 0 Å². The largest absolute Gasteiger partial charge is 0.476 e. The van der Waals surface area contributed by atoms with Crippen LogP contribution in [0.4, 0.5) is 11.5 Å². The van der Waals surface area contributed by atoms with E-state index in [0.717, 1.165) is 24.2 Å². The van der Waals surface area contributed by atoms with Crippen molar-refractivity contribution in [1.29, 1.82) is 0 Å². The van der Waals surface area contributed by atoms with Gasteiger partial charge in [-0.3, -0.25) is 0 Å². The summed E-state index contributed by atoms with van der Waals surface area (Å²) in [5.74, 6) is 3.53. The Kier molecular flexibility index (Phi) is 5.71. The van der Waals surface area contributed by atoms with Crippen LogP contribution in [-0.2, 0) is 0 Å². The lowest BCUT2D eigenvalue weighted by Crippen LogP contribution is -2.20. The standard InChI is InChI=1S/C17H29N3O/c1-12(2)11-21-17-15(18)8-9-16(20-17)19-10-14-6-4-13(3)5-7-14/h8-9,12-14H,4-7,10-11,18H2,1-3H3,(H,19,20). The third-order valence-corrected chi connectivity index (χ3v) is 4.15. The van der Waals surface area contributed by atoms with Gasteiger partial charge in [0.05, 0.1) is 12.3 Å². The fourth-order valence-corrected chi connectivity index (χ4v) is 2.69. The van der Waals surface area contributed by atoms with E-state index in [1.54, 1.807) is 0 Å². The lowest BCUT2D eigenvalue weighted by atomic mass is 9.83. The van der Waals surface area contributed by atoms with Crippen LogP contribution >= 0.6 is 0 Å². The highest BCUT2D eigenvalue weighted by molar-refractivity contribution is 5.53. The molecule has 4 nitrogen and oxygen atoms in total. The van der Waals surface area contributed by atoms with Crippen LogP contribution in [0.3, 0.4) is 0 Å². The monoisotopic (exact) mass is 291 g/mol. The molecule has 0 saturated heterocycles. The number of hydrogen-bond acceptors (Lipinski definition) is 4. The second kappa shape index (κ2) is 7.53. The summed E-state index contributed by atoms with van der Waals surface area (Å²) in [7, 11) is 0. The molecule has 1 aromatic rings. The molecule has 0 aromatic carbocycles. The van der Waals surface area contributed by atoms with Gasteiger partial charge in [0.1, 0.15) is 5.82 Å². The molecular formula is C17H29N3O. The fraction of sp³-hybridized carbons (Fsp3) is 0.706. The molecule has 1 aliphatic rings. The molecule has 0 unspecified atom stereocenters. The van der Waals surface area contributed by atoms with Gasteiger partial charge in [-0.15, -0.1) is 0 Å². The Hall–Kier alpha value is -1.45. The van der Waals surface area contributed by atoms with Crippen LogP contribution < -0.4 is 15.8 Å². The topological polar surface area (TPSA) is 60.2 Å². The number of anilines is 2. The van der Waals surface area contributed by atoms with Gasteiger partial charge in [0, 0.05) is 6.54 Å². The molecule has 2 rings (SSSR count). The van der Waals surface area contributed by atoms with Crippen molar-refractivity contribution in [3.8, 4) is 5.88 Å². The van der Waals surface area contributed by atoms with Gasteiger partial charge < -0.3 is 15.8 Å². The number of hydrogen-bond donors (Lipinski definition) is 2. The summed E-state index contributed by atoms with van der Waals surface area (Å²) >= 11 is 0. The lowest BCUT2D eigenvalue weighted by Gasteiger charge is -2.26. The highest BCUT2D eigenvalue weighted by Crippen LogP contribution is 2.28. The van der Waals surface area contributed by atoms with E-state index >= 15 is 0 Å². The average molecular weight is 291 g/mol. The van der Waals surface area contributed by atoms with Gasteiger partial charge in [0.25, 0.3) is 0 Å². The zero-order chi connectivity index (χ0) is 15.2. The second-order valence-corrected chi connectivity index (χ2v) is 6.80. The zero-order valence-electron chi connectivity index (χ0n) is 13.6. The van der Waals surface area contributed by atoms with Crippen molar-refractivity contribution in [1.82, 2.24) is 4.98 Å². The van der Waals surface area contributed by atoms with Crippen LogP contribution in [0.25, 0.3) is 0 Å². The summed E-state index contributed by atoms with van der Waals surface area (Å²) in [5, 5.41) is 3.44. The van der Waals surface area contributed by atoms with Gasteiger partial charge in [-0.1, -0.05) is 33.6 Å². The molecular weight excluding hydrogens is 262 g/mol. The van der Waals surface area contributed by atoms with Gasteiger partial charge >= 0.3 is 0 Å². The van der Waals surface area contributed by atoms with Gasteiger partial charge in [-0.25, -0.2) is 0 Å². The summed E-state index contributed by atoms with van der Waals surface area (Å²) in [6.45, 7) is 8.21. The average Bonchev–Trinajstić information content (AvgIpc) is 2.46. The highest BCUT2D eigenvalue weighted by atomic mass is 16.5. The zero-order valence-corrected chi connectivity index (χ0v) is 13.6. The van der Waals surface area contributed by atoms with Crippen LogP contribution in [0.5, 0.6) is 5.88 Å². The first-order chi connectivity index (χ1) is 10.0. The van der Waals surface area contributed by atoms with Crippen LogP contribution in [-0.4, -0.2) is 18.1 Å². The van der Waals surface area contributed by atoms with Gasteiger partial charge in [-0.2, -0.15) is 4.98 Å². The first-order valence-corrected chi connectivity index (χ1v) is 8.17. The van der Waals surface area contributed by atoms with Crippen molar-refractivity contribution < 1.29 is 4.74 Å². The quantitative estimate of drug-likeness (QED) is 0.833. The minimum atomic E-state index is 0.465. The summed E-state index contributed by atoms with van der Waals surface area (Å²) in [6, 6.07) is 3.80. The first kappa shape index (κ1) is 15.9. The second-order valence-electron chi connectivity index (χ2n) is 6.80. The van der Waals surface area contributed by atoms with E-state index in [4.69, 9.17) is 10.5 Å². The van der Waals surface area contributed by atoms with E-state index in [2.05, 4.69) is 31.1 Å². The Morgan fingerprint density at radius 3 is 2.67 bits per heavy atom. The molecule has 4 heteroatoms. The first-order valence-electron chi connectivity index (χ1n) is 8.17. The molecule has 0 spiro atoms. The van der Waals surface area contributed by atoms with E-state index in [0.29, 0.717) is 24.1 Å². The van der Waals surface area contributed by atoms with Crippen LogP contribution in [0.1, 0.15) is 46.5 Å². The van der Waals surface area contributed by atoms with E-state index in [1.165, 1.54) is 25.7 Å². The maximum absolute atomic E-state index is 5.91. The van der Waals surface area contributed by atoms with Gasteiger partial charge in [0.2, 0.25) is 5.88 Å². The third-order valence-electron chi connectivity index (χ3n) is 4.15. The number of ether oxygens (including phenoxy) is 1. The predicted octanol–water partition coefficient (Wildman–Crippen LogP) is 3.94. The Labute approximate surface area is 128 Å². The Balaban J connectivity index is 1.86. The molecule has 0 atom stereocenters. The molecule has 3 N–H and O–H groups in total. The molecule has 1 saturated carbocycles. The number of pyridine rings is 1. The molecule has 0 radical (unpaired) electrons. The normalized spacial score (nSPS) is 22.3. The maximum atomic E-state index is 5.91. The number of rotatable bonds is 6. The van der Waals surface area contributed by atoms with E-state index in [-0.39, 0.29) is 0 Å². The van der Waals surface area contributed by atoms with Crippen LogP contribution in [0.15, 0.2) is 12.1 Å². The maximum Gasteiger partial charge on any atom is 0.239 e. The minimum Gasteiger partial charge on any atom is -0.476 e. The molecule has 1 aliphatic carbocycles. The van der Waals surface area contributed by atoms with Gasteiger partial charge in [-0.05, 0) is 42.7 Å². The molecule has 21 heavy (non-hydrogen) atoms. The summed E-state index contributed by atoms with van der Waals surface area (Å²) in [6.07, 6.45) is 5.34. The number of nitrogens with one attached hydrogen (secondary N) is 1. The van der Waals surface area contributed by atoms with E-state index in [1.807, 2.05) is 12.1 Å². The Bertz CT molecular complexity index is 440. The molecule has 0 bridgehead atoms. The number of nitrogens with zero attached hydrogens (tertiary/aromatic N) is 1. The fourth-order valence-electron chi connectivity index (χ4n) is 2.69. The lowest BCUT2D eigenvalue weighted by molar-refractivity contribution is 0.263. The molecule has 1 fully saturated rings. The Morgan fingerprint density at radius 2 is 2.00 bits per heavy atom. The Morgan fingerprint density at radius 1 is 1.29 bits per heavy atom. The molecule has 0 amide bonds. The third kappa shape index (κ3) is 5.10. The van der Waals surface area contributed by atoms with Crippen LogP contribution in [0, 0.1) is 17.8 Å². The van der Waals surface area contributed by atoms with Crippen molar-refractivity contribution >= 4 is 11.5 Å². The van der Waals surface area contributed by atoms with Crippen molar-refractivity contribution in [3.63, 3.8) is 0 Å². The number of aromatic nitrogens is 1. The summed E-state index contributed by atoms with van der Waals surface area (Å²) in [5.41, 5.74) is 6.52. The SMILES string of the molecule is CC(C)COc1nc(NCC2CCC(C)CC2)ccc1N. The van der Waals surface area contributed by atoms with Gasteiger partial charge in [0.15, 0.2) is 0 Å². The van der Waals surface area contributed by atoms with E-state index < -0.39 is 0 Å². The smallest absolute Gasteiger partial charge is 0.239 e. The van der Waals surface area contributed by atoms with Crippen molar-refractivity contribution in [3.05, 3.63) is 12.1 Å². The number of nitrogens with two attached hydrogens (primary N) is 1. The molecule has 0 aliphatic heterocycles. The molecule has 1 aromatic heterocycles. The summed E-state index contributed by atoms with van der Waals surface area (Å²) < 4.78 is 5.67. The molecule has 118 valence electrons. The van der Waals surface area contributed by atoms with Crippen molar-refractivity contribution in [2.24, 2.45) is 17.8 Å². The minimum absolute atomic E-state index is 0.465. The predicted molar refractivity (Wildman–Crippen MR) is 88.6 cm³/mol. The van der Waals surface area contributed by atoms with Crippen LogP contribution in [0.2, 0.25) is 0 Å². The molecule has 1 heterocycles. The van der Waals surface area contributed by atoms with Crippen molar-refractivity contribution in [2.75, 3.05) is 24.2 Å². The number of nitrogen functional groups attached to an aromatic ring is 1. The highest BCUT2D eigenvalue weighted by Gasteiger charge is 2.18. The summed E-state index contributed by atoms with van der Waals surface area (Å²) in [4.78, 5) is 4.49. The van der Waals surface area contributed by atoms with Crippen molar-refractivity contribution in [2.45, 2.75) is 46.5 Å².